The van der Waals surface area contributed by atoms with Crippen LogP contribution in [-0.2, 0) is 11.3 Å². The molecule has 0 aliphatic carbocycles. The monoisotopic (exact) mass is 361 g/mol. The average molecular weight is 361 g/mol. The molecule has 6 nitrogen and oxygen atoms in total. The minimum absolute atomic E-state index is 0.0457. The van der Waals surface area contributed by atoms with Crippen molar-refractivity contribution in [3.8, 4) is 0 Å². The maximum absolute atomic E-state index is 12.7. The van der Waals surface area contributed by atoms with Crippen molar-refractivity contribution in [3.63, 3.8) is 0 Å². The molecule has 2 aromatic carbocycles. The molecule has 1 aromatic heterocycles. The number of aromatic nitrogens is 1. The first-order valence-corrected chi connectivity index (χ1v) is 8.45. The van der Waals surface area contributed by atoms with Gasteiger partial charge in [-0.1, -0.05) is 60.7 Å². The van der Waals surface area contributed by atoms with Crippen molar-refractivity contribution in [2.45, 2.75) is 12.6 Å². The fourth-order valence-corrected chi connectivity index (χ4v) is 2.79. The van der Waals surface area contributed by atoms with Crippen LogP contribution in [0.5, 0.6) is 0 Å². The summed E-state index contributed by atoms with van der Waals surface area (Å²) in [6, 6.07) is 20.2. The fraction of sp³-hybridized carbons (Fsp3) is 0.0952. The average Bonchev–Trinajstić information content (AvgIpc) is 2.69. The Kier molecular flexibility index (Phi) is 5.47. The molecule has 27 heavy (non-hydrogen) atoms. The molecule has 0 aliphatic heterocycles. The molecule has 0 radical (unpaired) electrons. The zero-order chi connectivity index (χ0) is 19.2. The number of hydrogen-bond donors (Lipinski definition) is 2. The number of carbonyl (C=O) groups is 2. The third-order valence-electron chi connectivity index (χ3n) is 4.15. The summed E-state index contributed by atoms with van der Waals surface area (Å²) in [5.41, 5.74) is 6.44. The molecule has 3 rings (SSSR count). The lowest BCUT2D eigenvalue weighted by atomic mass is 10.1. The van der Waals surface area contributed by atoms with Gasteiger partial charge in [0, 0.05) is 6.20 Å². The first kappa shape index (κ1) is 18.1. The van der Waals surface area contributed by atoms with E-state index in [1.54, 1.807) is 42.6 Å². The molecule has 1 heterocycles. The summed E-state index contributed by atoms with van der Waals surface area (Å²) >= 11 is 0. The zero-order valence-electron chi connectivity index (χ0n) is 14.5. The van der Waals surface area contributed by atoms with Gasteiger partial charge in [0.1, 0.15) is 11.6 Å². The van der Waals surface area contributed by atoms with Crippen molar-refractivity contribution in [2.75, 3.05) is 0 Å². The quantitative estimate of drug-likeness (QED) is 0.702. The molecule has 1 atom stereocenters. The van der Waals surface area contributed by atoms with Crippen LogP contribution in [0, 0.1) is 0 Å². The van der Waals surface area contributed by atoms with Gasteiger partial charge in [-0.25, -0.2) is 0 Å². The first-order valence-electron chi connectivity index (χ1n) is 8.45. The Balaban J connectivity index is 1.85. The number of carbonyl (C=O) groups excluding carboxylic acids is 2. The minimum Gasteiger partial charge on any atom is -0.368 e. The van der Waals surface area contributed by atoms with Crippen LogP contribution in [0.15, 0.2) is 83.8 Å². The lowest BCUT2D eigenvalue weighted by Crippen LogP contribution is -2.40. The molecule has 3 N–H and O–H groups in total. The predicted molar refractivity (Wildman–Crippen MR) is 102 cm³/mol. The van der Waals surface area contributed by atoms with Crippen LogP contribution in [-0.4, -0.2) is 16.4 Å². The number of pyridine rings is 1. The Morgan fingerprint density at radius 3 is 2.19 bits per heavy atom. The minimum atomic E-state index is -1.01. The van der Waals surface area contributed by atoms with Crippen molar-refractivity contribution >= 4 is 11.8 Å². The Bertz CT molecular complexity index is 998. The summed E-state index contributed by atoms with van der Waals surface area (Å²) in [6.07, 6.45) is 1.62. The zero-order valence-corrected chi connectivity index (χ0v) is 14.5. The molecule has 6 heteroatoms. The van der Waals surface area contributed by atoms with E-state index in [0.29, 0.717) is 12.1 Å². The second-order valence-electron chi connectivity index (χ2n) is 6.06. The van der Waals surface area contributed by atoms with Crippen LogP contribution >= 0.6 is 0 Å². The number of rotatable bonds is 6. The molecular weight excluding hydrogens is 342 g/mol. The van der Waals surface area contributed by atoms with Crippen LogP contribution in [0.1, 0.15) is 27.5 Å². The number of nitrogens with zero attached hydrogens (tertiary/aromatic N) is 1. The summed E-state index contributed by atoms with van der Waals surface area (Å²) in [5, 5.41) is 2.55. The van der Waals surface area contributed by atoms with E-state index in [9.17, 15) is 14.4 Å². The highest BCUT2D eigenvalue weighted by molar-refractivity contribution is 5.97. The summed E-state index contributed by atoms with van der Waals surface area (Å²) in [6.45, 7) is 0.346. The van der Waals surface area contributed by atoms with Crippen LogP contribution in [0.3, 0.4) is 0 Å². The lowest BCUT2D eigenvalue weighted by Gasteiger charge is -2.16. The molecule has 2 amide bonds. The van der Waals surface area contributed by atoms with E-state index in [1.807, 2.05) is 30.3 Å². The molecule has 0 saturated heterocycles. The van der Waals surface area contributed by atoms with Gasteiger partial charge in [0.05, 0.1) is 6.54 Å². The van der Waals surface area contributed by atoms with Gasteiger partial charge >= 0.3 is 0 Å². The SMILES string of the molecule is NC(=O)[C@H](NC(=O)c1cccn(Cc2ccccc2)c1=O)c1ccccc1. The van der Waals surface area contributed by atoms with E-state index in [4.69, 9.17) is 5.73 Å². The number of nitrogens with one attached hydrogen (secondary N) is 1. The normalized spacial score (nSPS) is 11.6. The molecule has 0 bridgehead atoms. The highest BCUT2D eigenvalue weighted by atomic mass is 16.2. The van der Waals surface area contributed by atoms with Gasteiger partial charge in [0.2, 0.25) is 5.91 Å². The van der Waals surface area contributed by atoms with Crippen molar-refractivity contribution in [3.05, 3.63) is 106 Å². The van der Waals surface area contributed by atoms with E-state index in [2.05, 4.69) is 5.32 Å². The fourth-order valence-electron chi connectivity index (χ4n) is 2.79. The van der Waals surface area contributed by atoms with Crippen LogP contribution < -0.4 is 16.6 Å². The van der Waals surface area contributed by atoms with Gasteiger partial charge in [0.15, 0.2) is 0 Å². The van der Waals surface area contributed by atoms with E-state index in [-0.39, 0.29) is 5.56 Å². The maximum Gasteiger partial charge on any atom is 0.263 e. The molecule has 0 saturated carbocycles. The molecular formula is C21H19N3O3. The molecule has 0 spiro atoms. The molecule has 136 valence electrons. The lowest BCUT2D eigenvalue weighted by molar-refractivity contribution is -0.120. The van der Waals surface area contributed by atoms with E-state index >= 15 is 0 Å². The predicted octanol–water partition coefficient (Wildman–Crippen LogP) is 1.85. The third kappa shape index (κ3) is 4.30. The molecule has 0 unspecified atom stereocenters. The first-order chi connectivity index (χ1) is 13.1. The van der Waals surface area contributed by atoms with Gasteiger partial charge in [-0.3, -0.25) is 14.4 Å². The Morgan fingerprint density at radius 1 is 0.926 bits per heavy atom. The largest absolute Gasteiger partial charge is 0.368 e. The number of nitrogens with two attached hydrogens (primary N) is 1. The van der Waals surface area contributed by atoms with Gasteiger partial charge in [-0.05, 0) is 23.3 Å². The third-order valence-corrected chi connectivity index (χ3v) is 4.15. The van der Waals surface area contributed by atoms with E-state index < -0.39 is 23.4 Å². The summed E-state index contributed by atoms with van der Waals surface area (Å²) in [7, 11) is 0. The summed E-state index contributed by atoms with van der Waals surface area (Å²) in [5.74, 6) is -1.34. The Labute approximate surface area is 156 Å². The number of hydrogen-bond acceptors (Lipinski definition) is 3. The van der Waals surface area contributed by atoms with Gasteiger partial charge in [-0.2, -0.15) is 0 Å². The van der Waals surface area contributed by atoms with Crippen LogP contribution in [0.25, 0.3) is 0 Å². The van der Waals surface area contributed by atoms with Crippen molar-refractivity contribution < 1.29 is 9.59 Å². The van der Waals surface area contributed by atoms with Crippen LogP contribution in [0.2, 0.25) is 0 Å². The molecule has 3 aromatic rings. The summed E-state index contributed by atoms with van der Waals surface area (Å²) < 4.78 is 1.45. The number of benzene rings is 2. The van der Waals surface area contributed by atoms with Gasteiger partial charge < -0.3 is 15.6 Å². The topological polar surface area (TPSA) is 94.2 Å². The van der Waals surface area contributed by atoms with Gasteiger partial charge in [-0.15, -0.1) is 0 Å². The second-order valence-corrected chi connectivity index (χ2v) is 6.06. The van der Waals surface area contributed by atoms with Crippen molar-refractivity contribution in [1.29, 1.82) is 0 Å². The van der Waals surface area contributed by atoms with Crippen molar-refractivity contribution in [2.24, 2.45) is 5.73 Å². The van der Waals surface area contributed by atoms with E-state index in [1.165, 1.54) is 10.6 Å². The van der Waals surface area contributed by atoms with Crippen molar-refractivity contribution in [1.82, 2.24) is 9.88 Å². The number of primary amides is 1. The van der Waals surface area contributed by atoms with Crippen LogP contribution in [0.4, 0.5) is 0 Å². The summed E-state index contributed by atoms with van der Waals surface area (Å²) in [4.78, 5) is 37.1. The maximum atomic E-state index is 12.7. The Morgan fingerprint density at radius 2 is 1.56 bits per heavy atom. The van der Waals surface area contributed by atoms with Gasteiger partial charge in [0.25, 0.3) is 11.5 Å². The smallest absolute Gasteiger partial charge is 0.263 e. The molecule has 0 aliphatic rings. The Hall–Kier alpha value is -3.67. The number of amides is 2. The van der Waals surface area contributed by atoms with E-state index in [0.717, 1.165) is 5.56 Å². The second kappa shape index (κ2) is 8.14. The highest BCUT2D eigenvalue weighted by Gasteiger charge is 2.22. The molecule has 0 fully saturated rings. The standard InChI is InChI=1S/C21H19N3O3/c22-19(25)18(16-10-5-2-6-11-16)23-20(26)17-12-7-13-24(21(17)27)14-15-8-3-1-4-9-15/h1-13,18H,14H2,(H2,22,25)(H,23,26)/t18-/m1/s1. The highest BCUT2D eigenvalue weighted by Crippen LogP contribution is 2.12.